The molecule has 1 saturated carbocycles. The summed E-state index contributed by atoms with van der Waals surface area (Å²) >= 11 is 0. The highest BCUT2D eigenvalue weighted by atomic mass is 16.2. The molecule has 2 atom stereocenters. The smallest absolute Gasteiger partial charge is 0.240 e. The molecular formula is C16H29N3O2. The predicted molar refractivity (Wildman–Crippen MR) is 82.3 cm³/mol. The summed E-state index contributed by atoms with van der Waals surface area (Å²) in [5.74, 6) is 5.76. The van der Waals surface area contributed by atoms with E-state index in [0.717, 1.165) is 45.3 Å². The lowest BCUT2D eigenvalue weighted by Crippen LogP contribution is -2.49. The molecular weight excluding hydrogens is 266 g/mol. The minimum Gasteiger partial charge on any atom is -0.302 e. The van der Waals surface area contributed by atoms with Gasteiger partial charge >= 0.3 is 0 Å². The van der Waals surface area contributed by atoms with Crippen molar-refractivity contribution in [2.45, 2.75) is 51.9 Å². The van der Waals surface area contributed by atoms with Gasteiger partial charge in [-0.2, -0.15) is 0 Å². The number of carbonyl (C=O) groups excluding carboxylic acids is 2. The molecule has 2 fully saturated rings. The molecule has 0 aromatic rings. The van der Waals surface area contributed by atoms with Crippen LogP contribution < -0.4 is 5.84 Å². The normalized spacial score (nSPS) is 27.3. The molecule has 2 aliphatic rings. The molecule has 21 heavy (non-hydrogen) atoms. The van der Waals surface area contributed by atoms with Crippen LogP contribution in [-0.2, 0) is 9.59 Å². The van der Waals surface area contributed by atoms with Gasteiger partial charge in [-0.3, -0.25) is 14.6 Å². The van der Waals surface area contributed by atoms with Crippen molar-refractivity contribution in [1.29, 1.82) is 0 Å². The Morgan fingerprint density at radius 3 is 2.29 bits per heavy atom. The van der Waals surface area contributed by atoms with Crippen molar-refractivity contribution in [3.05, 3.63) is 0 Å². The van der Waals surface area contributed by atoms with Crippen LogP contribution in [0.4, 0.5) is 0 Å². The number of nitrogens with zero attached hydrogens (tertiary/aromatic N) is 2. The fourth-order valence-electron chi connectivity index (χ4n) is 3.67. The van der Waals surface area contributed by atoms with Crippen LogP contribution in [0.2, 0.25) is 0 Å². The molecule has 1 aliphatic carbocycles. The Hall–Kier alpha value is -0.940. The topological polar surface area (TPSA) is 66.6 Å². The van der Waals surface area contributed by atoms with E-state index >= 15 is 0 Å². The summed E-state index contributed by atoms with van der Waals surface area (Å²) in [6, 6.07) is 0. The highest BCUT2D eigenvalue weighted by Gasteiger charge is 2.35. The maximum Gasteiger partial charge on any atom is 0.240 e. The minimum absolute atomic E-state index is 0.0353. The lowest BCUT2D eigenvalue weighted by Gasteiger charge is -2.33. The van der Waals surface area contributed by atoms with Gasteiger partial charge in [-0.15, -0.1) is 0 Å². The first-order valence-electron chi connectivity index (χ1n) is 8.38. The lowest BCUT2D eigenvalue weighted by atomic mass is 9.76. The summed E-state index contributed by atoms with van der Waals surface area (Å²) in [4.78, 5) is 26.6. The molecule has 0 bridgehead atoms. The van der Waals surface area contributed by atoms with E-state index < -0.39 is 0 Å². The van der Waals surface area contributed by atoms with Crippen LogP contribution in [0, 0.1) is 11.8 Å². The Labute approximate surface area is 127 Å². The summed E-state index contributed by atoms with van der Waals surface area (Å²) in [5, 5.41) is 1.36. The van der Waals surface area contributed by atoms with Crippen LogP contribution in [0.15, 0.2) is 0 Å². The van der Waals surface area contributed by atoms with Crippen LogP contribution >= 0.6 is 0 Å². The second-order valence-electron chi connectivity index (χ2n) is 6.54. The zero-order chi connectivity index (χ0) is 15.2. The van der Waals surface area contributed by atoms with Crippen LogP contribution in [0.3, 0.4) is 0 Å². The number of amides is 1. The SMILES string of the molecule is CC(=O)[C@@H]1CCCC[C@@H]1C(=O)N(N)CCN1CCCCC1. The number of likely N-dealkylation sites (tertiary alicyclic amines) is 1. The number of hydrazine groups is 1. The van der Waals surface area contributed by atoms with Crippen LogP contribution in [0.5, 0.6) is 0 Å². The zero-order valence-corrected chi connectivity index (χ0v) is 13.2. The van der Waals surface area contributed by atoms with Crippen LogP contribution in [-0.4, -0.2) is 47.8 Å². The second-order valence-corrected chi connectivity index (χ2v) is 6.54. The Balaban J connectivity index is 1.83. The van der Waals surface area contributed by atoms with E-state index in [4.69, 9.17) is 5.84 Å². The Kier molecular flexibility index (Phi) is 6.18. The van der Waals surface area contributed by atoms with Crippen LogP contribution in [0.1, 0.15) is 51.9 Å². The number of ketones is 1. The van der Waals surface area contributed by atoms with Gasteiger partial charge in [-0.25, -0.2) is 5.84 Å². The summed E-state index contributed by atoms with van der Waals surface area (Å²) in [5.41, 5.74) is 0. The summed E-state index contributed by atoms with van der Waals surface area (Å²) in [7, 11) is 0. The second kappa shape index (κ2) is 7.90. The van der Waals surface area contributed by atoms with Gasteiger partial charge in [0, 0.05) is 24.9 Å². The van der Waals surface area contributed by atoms with Crippen molar-refractivity contribution < 1.29 is 9.59 Å². The van der Waals surface area contributed by atoms with E-state index in [-0.39, 0.29) is 23.5 Å². The van der Waals surface area contributed by atoms with Gasteiger partial charge in [0.05, 0.1) is 0 Å². The molecule has 0 aromatic carbocycles. The van der Waals surface area contributed by atoms with E-state index in [1.165, 1.54) is 24.3 Å². The van der Waals surface area contributed by atoms with Gasteiger partial charge in [0.2, 0.25) is 5.91 Å². The van der Waals surface area contributed by atoms with Gasteiger partial charge in [0.25, 0.3) is 0 Å². The average Bonchev–Trinajstić information content (AvgIpc) is 2.52. The van der Waals surface area contributed by atoms with E-state index in [0.29, 0.717) is 6.54 Å². The number of hydrogen-bond acceptors (Lipinski definition) is 4. The molecule has 1 aliphatic heterocycles. The maximum absolute atomic E-state index is 12.5. The van der Waals surface area contributed by atoms with Gasteiger partial charge in [-0.1, -0.05) is 19.3 Å². The first-order chi connectivity index (χ1) is 10.1. The maximum atomic E-state index is 12.5. The third-order valence-corrected chi connectivity index (χ3v) is 4.99. The van der Waals surface area contributed by atoms with E-state index in [9.17, 15) is 9.59 Å². The molecule has 120 valence electrons. The van der Waals surface area contributed by atoms with Gasteiger partial charge in [-0.05, 0) is 45.7 Å². The fourth-order valence-corrected chi connectivity index (χ4v) is 3.67. The number of piperidine rings is 1. The van der Waals surface area contributed by atoms with Gasteiger partial charge in [0.15, 0.2) is 0 Å². The predicted octanol–water partition coefficient (Wildman–Crippen LogP) is 1.57. The van der Waals surface area contributed by atoms with Gasteiger partial charge < -0.3 is 4.90 Å². The Morgan fingerprint density at radius 1 is 1.05 bits per heavy atom. The average molecular weight is 295 g/mol. The van der Waals surface area contributed by atoms with E-state index in [2.05, 4.69) is 4.90 Å². The Bertz CT molecular complexity index is 367. The molecule has 5 heteroatoms. The minimum atomic E-state index is -0.192. The van der Waals surface area contributed by atoms with Crippen molar-refractivity contribution in [3.8, 4) is 0 Å². The third-order valence-electron chi connectivity index (χ3n) is 4.99. The number of nitrogens with two attached hydrogens (primary N) is 1. The Morgan fingerprint density at radius 2 is 1.67 bits per heavy atom. The van der Waals surface area contributed by atoms with Gasteiger partial charge in [0.1, 0.15) is 5.78 Å². The molecule has 0 unspecified atom stereocenters. The number of Topliss-reactive ketones (excluding diaryl/α,β-unsaturated/α-hetero) is 1. The standard InChI is InChI=1S/C16H29N3O2/c1-13(20)14-7-3-4-8-15(14)16(21)19(17)12-11-18-9-5-2-6-10-18/h14-15H,2-12,17H2,1H3/t14-,15-/m0/s1. The van der Waals surface area contributed by atoms with Crippen molar-refractivity contribution in [2.24, 2.45) is 17.7 Å². The molecule has 0 spiro atoms. The fraction of sp³-hybridized carbons (Fsp3) is 0.875. The number of rotatable bonds is 5. The molecule has 5 nitrogen and oxygen atoms in total. The highest BCUT2D eigenvalue weighted by Crippen LogP contribution is 2.31. The first kappa shape index (κ1) is 16.4. The van der Waals surface area contributed by atoms with Crippen molar-refractivity contribution in [3.63, 3.8) is 0 Å². The highest BCUT2D eigenvalue weighted by molar-refractivity contribution is 5.87. The molecule has 0 radical (unpaired) electrons. The quantitative estimate of drug-likeness (QED) is 0.475. The summed E-state index contributed by atoms with van der Waals surface area (Å²) in [6.07, 6.45) is 7.52. The largest absolute Gasteiger partial charge is 0.302 e. The van der Waals surface area contributed by atoms with Crippen LogP contribution in [0.25, 0.3) is 0 Å². The lowest BCUT2D eigenvalue weighted by molar-refractivity contribution is -0.143. The summed E-state index contributed by atoms with van der Waals surface area (Å²) < 4.78 is 0. The molecule has 1 saturated heterocycles. The zero-order valence-electron chi connectivity index (χ0n) is 13.2. The number of hydrogen-bond donors (Lipinski definition) is 1. The first-order valence-corrected chi connectivity index (χ1v) is 8.38. The molecule has 1 heterocycles. The summed E-state index contributed by atoms with van der Waals surface area (Å²) in [6.45, 7) is 5.24. The van der Waals surface area contributed by atoms with E-state index in [1.807, 2.05) is 0 Å². The van der Waals surface area contributed by atoms with Crippen molar-refractivity contribution >= 4 is 11.7 Å². The number of carbonyl (C=O) groups is 2. The monoisotopic (exact) mass is 295 g/mol. The van der Waals surface area contributed by atoms with Crippen molar-refractivity contribution in [2.75, 3.05) is 26.2 Å². The van der Waals surface area contributed by atoms with Crippen molar-refractivity contribution in [1.82, 2.24) is 9.91 Å². The molecule has 1 amide bonds. The molecule has 0 aromatic heterocycles. The molecule has 2 N–H and O–H groups in total. The van der Waals surface area contributed by atoms with E-state index in [1.54, 1.807) is 6.92 Å². The molecule has 2 rings (SSSR count). The third kappa shape index (κ3) is 4.51.